The summed E-state index contributed by atoms with van der Waals surface area (Å²) < 4.78 is 5.35. The molecule has 21 heavy (non-hydrogen) atoms. The predicted molar refractivity (Wildman–Crippen MR) is 81.1 cm³/mol. The van der Waals surface area contributed by atoms with Crippen LogP contribution in [-0.2, 0) is 4.74 Å². The van der Waals surface area contributed by atoms with Gasteiger partial charge in [-0.15, -0.1) is 0 Å². The minimum Gasteiger partial charge on any atom is -0.378 e. The van der Waals surface area contributed by atoms with Gasteiger partial charge >= 0.3 is 0 Å². The summed E-state index contributed by atoms with van der Waals surface area (Å²) in [4.78, 5) is 15.1. The van der Waals surface area contributed by atoms with Gasteiger partial charge in [-0.25, -0.2) is 5.84 Å². The number of nitrogens with zero attached hydrogens (tertiary/aromatic N) is 4. The average molecular weight is 293 g/mol. The van der Waals surface area contributed by atoms with Crippen LogP contribution in [0.5, 0.6) is 0 Å². The molecule has 1 aliphatic carbocycles. The Bertz CT molecular complexity index is 460. The van der Waals surface area contributed by atoms with Crippen LogP contribution in [0.3, 0.4) is 0 Å². The number of morpholine rings is 1. The van der Waals surface area contributed by atoms with Crippen LogP contribution < -0.4 is 21.5 Å². The Morgan fingerprint density at radius 1 is 1.14 bits per heavy atom. The van der Waals surface area contributed by atoms with Crippen LogP contribution in [0.1, 0.15) is 25.7 Å². The van der Waals surface area contributed by atoms with Crippen LogP contribution >= 0.6 is 0 Å². The molecule has 0 unspecified atom stereocenters. The molecule has 0 aromatic carbocycles. The minimum absolute atomic E-state index is 0.385. The van der Waals surface area contributed by atoms with Crippen molar-refractivity contribution in [1.82, 2.24) is 15.0 Å². The van der Waals surface area contributed by atoms with Crippen LogP contribution in [0.15, 0.2) is 0 Å². The lowest BCUT2D eigenvalue weighted by atomic mass is 10.2. The Balaban J connectivity index is 1.60. The van der Waals surface area contributed by atoms with Crippen molar-refractivity contribution >= 4 is 17.8 Å². The van der Waals surface area contributed by atoms with E-state index in [1.165, 1.54) is 19.3 Å². The monoisotopic (exact) mass is 293 g/mol. The van der Waals surface area contributed by atoms with Crippen molar-refractivity contribution in [3.63, 3.8) is 0 Å². The maximum absolute atomic E-state index is 5.45. The minimum atomic E-state index is 0.385. The van der Waals surface area contributed by atoms with Crippen molar-refractivity contribution in [3.8, 4) is 0 Å². The van der Waals surface area contributed by atoms with Gasteiger partial charge < -0.3 is 15.0 Å². The maximum atomic E-state index is 5.45. The summed E-state index contributed by atoms with van der Waals surface area (Å²) in [6.07, 6.45) is 5.23. The van der Waals surface area contributed by atoms with Gasteiger partial charge in [-0.3, -0.25) is 5.43 Å². The number of nitrogens with one attached hydrogen (secondary N) is 2. The number of ether oxygens (including phenoxy) is 1. The molecule has 0 atom stereocenters. The molecule has 4 N–H and O–H groups in total. The van der Waals surface area contributed by atoms with E-state index in [1.54, 1.807) is 0 Å². The first-order valence-electron chi connectivity index (χ1n) is 7.64. The SMILES string of the molecule is NNc1nc(NCCCC2CC2)nc(N2CCOCC2)n1. The molecule has 1 saturated carbocycles. The van der Waals surface area contributed by atoms with Crippen LogP contribution in [0.25, 0.3) is 0 Å². The Hall–Kier alpha value is -1.67. The number of nitrogens with two attached hydrogens (primary N) is 1. The number of aromatic nitrogens is 3. The summed E-state index contributed by atoms with van der Waals surface area (Å²) in [7, 11) is 0. The number of hydrogen-bond donors (Lipinski definition) is 3. The fourth-order valence-electron chi connectivity index (χ4n) is 2.41. The molecule has 2 heterocycles. The van der Waals surface area contributed by atoms with E-state index >= 15 is 0 Å². The second-order valence-corrected chi connectivity index (χ2v) is 5.54. The standard InChI is InChI=1S/C13H23N7O/c14-19-12-16-11(15-5-1-2-10-3-4-10)17-13(18-12)20-6-8-21-9-7-20/h10H,1-9,14H2,(H2,15,16,17,18,19). The van der Waals surface area contributed by atoms with Crippen LogP contribution in [0.4, 0.5) is 17.8 Å². The first-order chi connectivity index (χ1) is 10.3. The second kappa shape index (κ2) is 6.86. The molecular formula is C13H23N7O. The molecular weight excluding hydrogens is 270 g/mol. The van der Waals surface area contributed by atoms with E-state index in [9.17, 15) is 0 Å². The number of hydrogen-bond acceptors (Lipinski definition) is 8. The lowest BCUT2D eigenvalue weighted by Gasteiger charge is -2.27. The zero-order valence-electron chi connectivity index (χ0n) is 12.2. The number of rotatable bonds is 7. The van der Waals surface area contributed by atoms with Gasteiger partial charge in [0.2, 0.25) is 17.8 Å². The topological polar surface area (TPSA) is 101 Å². The lowest BCUT2D eigenvalue weighted by Crippen LogP contribution is -2.37. The maximum Gasteiger partial charge on any atom is 0.243 e. The summed E-state index contributed by atoms with van der Waals surface area (Å²) in [5, 5.41) is 3.27. The third-order valence-corrected chi connectivity index (χ3v) is 3.82. The molecule has 0 amide bonds. The third-order valence-electron chi connectivity index (χ3n) is 3.82. The van der Waals surface area contributed by atoms with Gasteiger partial charge in [0.05, 0.1) is 13.2 Å². The Morgan fingerprint density at radius 2 is 1.90 bits per heavy atom. The Morgan fingerprint density at radius 3 is 2.62 bits per heavy atom. The highest BCUT2D eigenvalue weighted by molar-refractivity contribution is 5.43. The molecule has 0 spiro atoms. The lowest BCUT2D eigenvalue weighted by molar-refractivity contribution is 0.122. The fourth-order valence-corrected chi connectivity index (χ4v) is 2.41. The van der Waals surface area contributed by atoms with Gasteiger partial charge in [-0.05, 0) is 18.8 Å². The van der Waals surface area contributed by atoms with Crippen LogP contribution in [0, 0.1) is 5.92 Å². The first-order valence-corrected chi connectivity index (χ1v) is 7.64. The average Bonchev–Trinajstić information content (AvgIpc) is 3.36. The fraction of sp³-hybridized carbons (Fsp3) is 0.769. The third kappa shape index (κ3) is 4.15. The van der Waals surface area contributed by atoms with E-state index in [2.05, 4.69) is 30.6 Å². The molecule has 0 radical (unpaired) electrons. The van der Waals surface area contributed by atoms with E-state index in [4.69, 9.17) is 10.6 Å². The number of nitrogen functional groups attached to an aromatic ring is 1. The molecule has 2 fully saturated rings. The van der Waals surface area contributed by atoms with E-state index < -0.39 is 0 Å². The molecule has 8 nitrogen and oxygen atoms in total. The summed E-state index contributed by atoms with van der Waals surface area (Å²) in [6, 6.07) is 0. The van der Waals surface area contributed by atoms with Gasteiger partial charge in [-0.1, -0.05) is 12.8 Å². The molecule has 1 aromatic rings. The smallest absolute Gasteiger partial charge is 0.243 e. The van der Waals surface area contributed by atoms with Crippen molar-refractivity contribution < 1.29 is 4.74 Å². The molecule has 8 heteroatoms. The zero-order valence-corrected chi connectivity index (χ0v) is 12.2. The van der Waals surface area contributed by atoms with E-state index in [0.29, 0.717) is 31.1 Å². The van der Waals surface area contributed by atoms with E-state index in [-0.39, 0.29) is 0 Å². The largest absolute Gasteiger partial charge is 0.378 e. The summed E-state index contributed by atoms with van der Waals surface area (Å²) >= 11 is 0. The summed E-state index contributed by atoms with van der Waals surface area (Å²) in [6.45, 7) is 3.85. The molecule has 1 saturated heterocycles. The highest BCUT2D eigenvalue weighted by Gasteiger charge is 2.20. The van der Waals surface area contributed by atoms with Crippen molar-refractivity contribution in [1.29, 1.82) is 0 Å². The van der Waals surface area contributed by atoms with Gasteiger partial charge in [0.25, 0.3) is 0 Å². The molecule has 3 rings (SSSR count). The predicted octanol–water partition coefficient (Wildman–Crippen LogP) is 0.596. The molecule has 2 aliphatic rings. The van der Waals surface area contributed by atoms with Gasteiger partial charge in [0, 0.05) is 19.6 Å². The second-order valence-electron chi connectivity index (χ2n) is 5.54. The zero-order chi connectivity index (χ0) is 14.5. The van der Waals surface area contributed by atoms with E-state index in [1.807, 2.05) is 0 Å². The Kier molecular flexibility index (Phi) is 4.66. The molecule has 116 valence electrons. The Labute approximate surface area is 124 Å². The molecule has 1 aromatic heterocycles. The van der Waals surface area contributed by atoms with E-state index in [0.717, 1.165) is 32.0 Å². The van der Waals surface area contributed by atoms with Crippen LogP contribution in [-0.4, -0.2) is 47.8 Å². The summed E-state index contributed by atoms with van der Waals surface area (Å²) in [5.41, 5.74) is 2.51. The number of anilines is 3. The summed E-state index contributed by atoms with van der Waals surface area (Å²) in [5.74, 6) is 8.01. The number of hydrazine groups is 1. The van der Waals surface area contributed by atoms with Crippen molar-refractivity contribution in [2.75, 3.05) is 48.5 Å². The molecule has 1 aliphatic heterocycles. The normalized spacial score (nSPS) is 18.6. The van der Waals surface area contributed by atoms with Crippen molar-refractivity contribution in [2.24, 2.45) is 11.8 Å². The van der Waals surface area contributed by atoms with Gasteiger partial charge in [0.1, 0.15) is 0 Å². The quantitative estimate of drug-likeness (QED) is 0.381. The molecule has 0 bridgehead atoms. The van der Waals surface area contributed by atoms with Gasteiger partial charge in [0.15, 0.2) is 0 Å². The highest BCUT2D eigenvalue weighted by atomic mass is 16.5. The van der Waals surface area contributed by atoms with Crippen molar-refractivity contribution in [3.05, 3.63) is 0 Å². The van der Waals surface area contributed by atoms with Crippen LogP contribution in [0.2, 0.25) is 0 Å². The highest BCUT2D eigenvalue weighted by Crippen LogP contribution is 2.33. The first kappa shape index (κ1) is 14.3. The van der Waals surface area contributed by atoms with Crippen molar-refractivity contribution in [2.45, 2.75) is 25.7 Å². The van der Waals surface area contributed by atoms with Gasteiger partial charge in [-0.2, -0.15) is 15.0 Å².